The largest absolute Gasteiger partial charge is 0.489 e. The number of hydrogen-bond acceptors (Lipinski definition) is 9. The van der Waals surface area contributed by atoms with Gasteiger partial charge in [0.05, 0.1) is 28.9 Å². The normalized spacial score (nSPS) is 10.3. The number of esters is 1. The number of carbonyl (C=O) groups is 1. The minimum absolute atomic E-state index is 0.0364. The summed E-state index contributed by atoms with van der Waals surface area (Å²) in [4.78, 5) is 41.7. The number of nitrogens with one attached hydrogen (secondary N) is 1. The van der Waals surface area contributed by atoms with Crippen molar-refractivity contribution in [1.29, 1.82) is 5.26 Å². The molecule has 0 spiro atoms. The van der Waals surface area contributed by atoms with Gasteiger partial charge in [0.25, 0.3) is 11.2 Å². The van der Waals surface area contributed by atoms with Gasteiger partial charge in [-0.15, -0.1) is 0 Å². The van der Waals surface area contributed by atoms with Crippen LogP contribution in [-0.2, 0) is 11.3 Å². The number of aromatic amines is 1. The summed E-state index contributed by atoms with van der Waals surface area (Å²) in [6.07, 6.45) is 1.75. The molecule has 162 valence electrons. The third-order valence-corrected chi connectivity index (χ3v) is 5.05. The highest BCUT2D eigenvalue weighted by molar-refractivity contribution is 7.98. The van der Waals surface area contributed by atoms with E-state index < -0.39 is 16.5 Å². The van der Waals surface area contributed by atoms with E-state index >= 15 is 0 Å². The maximum Gasteiger partial charge on any atom is 0.338 e. The van der Waals surface area contributed by atoms with Crippen LogP contribution in [0.2, 0.25) is 0 Å². The molecular weight excluding hydrogens is 436 g/mol. The first kappa shape index (κ1) is 22.5. The summed E-state index contributed by atoms with van der Waals surface area (Å²) in [5, 5.41) is 21.1. The fourth-order valence-electron chi connectivity index (χ4n) is 2.92. The highest BCUT2D eigenvalue weighted by Crippen LogP contribution is 2.27. The van der Waals surface area contributed by atoms with Crippen molar-refractivity contribution in [2.75, 3.05) is 13.4 Å². The van der Waals surface area contributed by atoms with Crippen molar-refractivity contribution < 1.29 is 19.2 Å². The zero-order chi connectivity index (χ0) is 23.3. The van der Waals surface area contributed by atoms with Crippen LogP contribution < -0.4 is 10.3 Å². The lowest BCUT2D eigenvalue weighted by Crippen LogP contribution is -2.14. The van der Waals surface area contributed by atoms with Crippen LogP contribution in [-0.4, -0.2) is 34.2 Å². The van der Waals surface area contributed by atoms with Gasteiger partial charge in [0.1, 0.15) is 24.0 Å². The molecule has 0 aliphatic carbocycles. The summed E-state index contributed by atoms with van der Waals surface area (Å²) in [5.74, 6) is -0.354. The average molecular weight is 452 g/mol. The molecule has 0 amide bonds. The molecule has 0 radical (unpaired) electrons. The van der Waals surface area contributed by atoms with E-state index in [1.54, 1.807) is 30.5 Å². The number of methoxy groups -OCH3 is 1. The third kappa shape index (κ3) is 4.60. The molecule has 0 saturated heterocycles. The van der Waals surface area contributed by atoms with Crippen LogP contribution in [0.4, 0.5) is 5.69 Å². The Morgan fingerprint density at radius 2 is 2.00 bits per heavy atom. The Labute approximate surface area is 186 Å². The SMILES string of the molecule is COC(=O)c1cccc([N+](=O)[O-])c1COc1ccc(-c2nc(SC)[nH]c(=O)c2C#N)cc1. The minimum Gasteiger partial charge on any atom is -0.489 e. The number of hydrogen-bond donors (Lipinski definition) is 1. The van der Waals surface area contributed by atoms with Gasteiger partial charge in [-0.3, -0.25) is 14.9 Å². The predicted octanol–water partition coefficient (Wildman–Crippen LogP) is 3.30. The number of ether oxygens (including phenoxy) is 2. The van der Waals surface area contributed by atoms with Crippen LogP contribution in [0.3, 0.4) is 0 Å². The molecule has 10 nitrogen and oxygen atoms in total. The highest BCUT2D eigenvalue weighted by Gasteiger charge is 2.22. The van der Waals surface area contributed by atoms with Crippen LogP contribution in [0.1, 0.15) is 21.5 Å². The number of thioether (sulfide) groups is 1. The lowest BCUT2D eigenvalue weighted by molar-refractivity contribution is -0.385. The van der Waals surface area contributed by atoms with Gasteiger partial charge < -0.3 is 14.5 Å². The minimum atomic E-state index is -0.711. The molecule has 0 saturated carbocycles. The second-order valence-corrected chi connectivity index (χ2v) is 7.07. The molecule has 2 aromatic carbocycles. The number of nitro groups is 1. The van der Waals surface area contributed by atoms with Gasteiger partial charge in [0.15, 0.2) is 5.16 Å². The van der Waals surface area contributed by atoms with Crippen molar-refractivity contribution >= 4 is 23.4 Å². The summed E-state index contributed by atoms with van der Waals surface area (Å²) in [7, 11) is 1.19. The number of H-pyrrole nitrogens is 1. The molecule has 0 aliphatic rings. The Morgan fingerprint density at radius 1 is 1.28 bits per heavy atom. The van der Waals surface area contributed by atoms with Crippen LogP contribution in [0.5, 0.6) is 5.75 Å². The maximum absolute atomic E-state index is 12.1. The molecule has 1 heterocycles. The van der Waals surface area contributed by atoms with Crippen molar-refractivity contribution in [3.05, 3.63) is 79.6 Å². The van der Waals surface area contributed by atoms with Gasteiger partial charge in [0, 0.05) is 11.6 Å². The first-order chi connectivity index (χ1) is 15.4. The quantitative estimate of drug-likeness (QED) is 0.187. The van der Waals surface area contributed by atoms with Gasteiger partial charge >= 0.3 is 5.97 Å². The maximum atomic E-state index is 12.1. The second-order valence-electron chi connectivity index (χ2n) is 6.28. The number of aromatic nitrogens is 2. The van der Waals surface area contributed by atoms with Crippen LogP contribution in [0.15, 0.2) is 52.4 Å². The van der Waals surface area contributed by atoms with Crippen molar-refractivity contribution in [3.8, 4) is 23.1 Å². The molecule has 1 N–H and O–H groups in total. The van der Waals surface area contributed by atoms with Crippen molar-refractivity contribution in [1.82, 2.24) is 9.97 Å². The summed E-state index contributed by atoms with van der Waals surface area (Å²) in [6, 6.07) is 12.3. The molecule has 3 aromatic rings. The molecule has 0 bridgehead atoms. The number of nitro benzene ring substituents is 1. The van der Waals surface area contributed by atoms with E-state index in [0.29, 0.717) is 16.5 Å². The fourth-order valence-corrected chi connectivity index (χ4v) is 3.30. The van der Waals surface area contributed by atoms with Crippen LogP contribution in [0, 0.1) is 21.4 Å². The Hall–Kier alpha value is -4.17. The molecule has 0 unspecified atom stereocenters. The standard InChI is InChI=1S/C21H16N4O6S/c1-30-20(27)14-4-3-5-17(25(28)29)16(14)11-31-13-8-6-12(7-9-13)18-15(10-22)19(26)24-21(23-18)32-2/h3-9H,11H2,1-2H3,(H,23,24,26). The summed E-state index contributed by atoms with van der Waals surface area (Å²) in [6.45, 7) is -0.246. The molecule has 1 aromatic heterocycles. The number of nitriles is 1. The molecular formula is C21H16N4O6S. The zero-order valence-corrected chi connectivity index (χ0v) is 17.8. The summed E-state index contributed by atoms with van der Waals surface area (Å²) in [5.41, 5.74) is -0.0288. The zero-order valence-electron chi connectivity index (χ0n) is 16.9. The van der Waals surface area contributed by atoms with Crippen molar-refractivity contribution in [2.24, 2.45) is 0 Å². The van der Waals surface area contributed by atoms with E-state index in [9.17, 15) is 25.0 Å². The molecule has 11 heteroatoms. The Balaban J connectivity index is 1.90. The summed E-state index contributed by atoms with van der Waals surface area (Å²) < 4.78 is 10.4. The molecule has 3 rings (SSSR count). The Kier molecular flexibility index (Phi) is 6.87. The van der Waals surface area contributed by atoms with Gasteiger partial charge in [-0.2, -0.15) is 5.26 Å². The van der Waals surface area contributed by atoms with Gasteiger partial charge in [-0.25, -0.2) is 9.78 Å². The van der Waals surface area contributed by atoms with Crippen LogP contribution >= 0.6 is 11.8 Å². The van der Waals surface area contributed by atoms with Gasteiger partial charge in [-0.1, -0.05) is 17.8 Å². The van der Waals surface area contributed by atoms with E-state index in [2.05, 4.69) is 9.97 Å². The van der Waals surface area contributed by atoms with Gasteiger partial charge in [-0.05, 0) is 36.6 Å². The Morgan fingerprint density at radius 3 is 2.59 bits per heavy atom. The second kappa shape index (κ2) is 9.76. The number of nitrogens with zero attached hydrogens (tertiary/aromatic N) is 3. The van der Waals surface area contributed by atoms with E-state index in [1.807, 2.05) is 6.07 Å². The van der Waals surface area contributed by atoms with E-state index in [4.69, 9.17) is 9.47 Å². The molecule has 32 heavy (non-hydrogen) atoms. The lowest BCUT2D eigenvalue weighted by Gasteiger charge is -2.11. The van der Waals surface area contributed by atoms with Crippen molar-refractivity contribution in [2.45, 2.75) is 11.8 Å². The third-order valence-electron chi connectivity index (χ3n) is 4.47. The highest BCUT2D eigenvalue weighted by atomic mass is 32.2. The van der Waals surface area contributed by atoms with Gasteiger partial charge in [0.2, 0.25) is 0 Å². The monoisotopic (exact) mass is 452 g/mol. The average Bonchev–Trinajstić information content (AvgIpc) is 2.81. The lowest BCUT2D eigenvalue weighted by atomic mass is 10.1. The van der Waals surface area contributed by atoms with Crippen LogP contribution in [0.25, 0.3) is 11.3 Å². The topological polar surface area (TPSA) is 148 Å². The number of carbonyl (C=O) groups excluding carboxylic acids is 1. The van der Waals surface area contributed by atoms with Crippen molar-refractivity contribution in [3.63, 3.8) is 0 Å². The molecule has 0 aliphatic heterocycles. The smallest absolute Gasteiger partial charge is 0.338 e. The first-order valence-corrected chi connectivity index (χ1v) is 10.3. The molecule has 0 atom stereocenters. The fraction of sp³-hybridized carbons (Fsp3) is 0.143. The first-order valence-electron chi connectivity index (χ1n) is 9.05. The number of benzene rings is 2. The van der Waals surface area contributed by atoms with E-state index in [1.165, 1.54) is 37.1 Å². The summed E-state index contributed by atoms with van der Waals surface area (Å²) >= 11 is 1.24. The Bertz CT molecular complexity index is 1280. The molecule has 0 fully saturated rings. The number of rotatable bonds is 7. The van der Waals surface area contributed by atoms with E-state index in [0.717, 1.165) is 0 Å². The predicted molar refractivity (Wildman–Crippen MR) is 116 cm³/mol. The van der Waals surface area contributed by atoms with E-state index in [-0.39, 0.29) is 34.7 Å².